The number of amides is 1. The number of carbonyl (C=O) groups is 2. The molecule has 0 fully saturated rings. The van der Waals surface area contributed by atoms with Crippen molar-refractivity contribution in [3.8, 4) is 0 Å². The van der Waals surface area contributed by atoms with Gasteiger partial charge in [-0.2, -0.15) is 0 Å². The summed E-state index contributed by atoms with van der Waals surface area (Å²) in [6.45, 7) is 11.5. The summed E-state index contributed by atoms with van der Waals surface area (Å²) in [5, 5.41) is 2.32. The van der Waals surface area contributed by atoms with Gasteiger partial charge in [-0.1, -0.05) is 13.8 Å². The first-order chi connectivity index (χ1) is 10.0. The zero-order valence-electron chi connectivity index (χ0n) is 14.5. The normalized spacial score (nSPS) is 13.1. The summed E-state index contributed by atoms with van der Waals surface area (Å²) in [4.78, 5) is 30.2. The minimum absolute atomic E-state index is 0.0577. The Morgan fingerprint density at radius 2 is 1.95 bits per heavy atom. The summed E-state index contributed by atoms with van der Waals surface area (Å²) in [7, 11) is 1.70. The van der Waals surface area contributed by atoms with Crippen LogP contribution in [-0.4, -0.2) is 40.5 Å². The van der Waals surface area contributed by atoms with Crippen LogP contribution in [0, 0.1) is 12.8 Å². The number of Topliss-reactive ketones (excluding diaryl/α,β-unsaturated/α-hetero) is 1. The van der Waals surface area contributed by atoms with Crippen molar-refractivity contribution in [1.82, 2.24) is 9.88 Å². The second kappa shape index (κ2) is 7.22. The Kier molecular flexibility index (Phi) is 6.11. The lowest BCUT2D eigenvalue weighted by Gasteiger charge is -2.33. The van der Waals surface area contributed by atoms with Crippen molar-refractivity contribution < 1.29 is 14.3 Å². The van der Waals surface area contributed by atoms with Crippen molar-refractivity contribution in [2.24, 2.45) is 5.92 Å². The van der Waals surface area contributed by atoms with Crippen LogP contribution in [0.1, 0.15) is 56.5 Å². The van der Waals surface area contributed by atoms with Crippen LogP contribution in [0.15, 0.2) is 5.38 Å². The lowest BCUT2D eigenvalue weighted by molar-refractivity contribution is 0.0262. The van der Waals surface area contributed by atoms with E-state index in [4.69, 9.17) is 4.74 Å². The Morgan fingerprint density at radius 1 is 1.36 bits per heavy atom. The van der Waals surface area contributed by atoms with E-state index in [1.54, 1.807) is 11.9 Å². The average molecular weight is 326 g/mol. The van der Waals surface area contributed by atoms with Crippen molar-refractivity contribution in [2.45, 2.75) is 59.6 Å². The lowest BCUT2D eigenvalue weighted by atomic mass is 10.0. The molecule has 0 N–H and O–H groups in total. The fourth-order valence-corrected chi connectivity index (χ4v) is 2.39. The molecule has 0 spiro atoms. The smallest absolute Gasteiger partial charge is 0.410 e. The third-order valence-corrected chi connectivity index (χ3v) is 4.52. The second-order valence-electron chi connectivity index (χ2n) is 6.82. The highest BCUT2D eigenvalue weighted by Gasteiger charge is 2.29. The fraction of sp³-hybridized carbons (Fsp3) is 0.688. The molecule has 1 heterocycles. The summed E-state index contributed by atoms with van der Waals surface area (Å²) < 4.78 is 5.54. The molecule has 0 aliphatic rings. The quantitative estimate of drug-likeness (QED) is 0.770. The number of aryl methyl sites for hydroxylation is 1. The van der Waals surface area contributed by atoms with E-state index in [0.717, 1.165) is 5.69 Å². The number of hydrogen-bond acceptors (Lipinski definition) is 5. The molecule has 5 nitrogen and oxygen atoms in total. The second-order valence-corrected chi connectivity index (χ2v) is 7.68. The first kappa shape index (κ1) is 18.6. The molecule has 1 rings (SSSR count). The minimum Gasteiger partial charge on any atom is -0.445 e. The molecular formula is C16H26N2O3S. The third kappa shape index (κ3) is 5.09. The van der Waals surface area contributed by atoms with Gasteiger partial charge in [0.2, 0.25) is 0 Å². The van der Waals surface area contributed by atoms with E-state index in [0.29, 0.717) is 5.01 Å². The monoisotopic (exact) mass is 326 g/mol. The van der Waals surface area contributed by atoms with Crippen LogP contribution in [0.4, 0.5) is 4.79 Å². The number of aromatic nitrogens is 1. The highest BCUT2D eigenvalue weighted by Crippen LogP contribution is 2.20. The van der Waals surface area contributed by atoms with Crippen LogP contribution in [0.25, 0.3) is 0 Å². The van der Waals surface area contributed by atoms with E-state index in [1.807, 2.05) is 46.9 Å². The van der Waals surface area contributed by atoms with E-state index in [2.05, 4.69) is 4.98 Å². The number of thiazole rings is 1. The molecule has 1 atom stereocenters. The van der Waals surface area contributed by atoms with E-state index in [1.165, 1.54) is 11.3 Å². The van der Waals surface area contributed by atoms with Gasteiger partial charge in [-0.3, -0.25) is 4.79 Å². The molecular weight excluding hydrogens is 300 g/mol. The lowest BCUT2D eigenvalue weighted by Crippen LogP contribution is -2.44. The number of rotatable bonds is 5. The molecule has 0 radical (unpaired) electrons. The maximum absolute atomic E-state index is 12.3. The zero-order valence-corrected chi connectivity index (χ0v) is 15.3. The van der Waals surface area contributed by atoms with Gasteiger partial charge in [-0.15, -0.1) is 11.3 Å². The fourth-order valence-electron chi connectivity index (χ4n) is 1.65. The Balaban J connectivity index is 2.74. The molecule has 1 aromatic rings. The molecule has 22 heavy (non-hydrogen) atoms. The van der Waals surface area contributed by atoms with Crippen LogP contribution >= 0.6 is 11.3 Å². The molecule has 1 aromatic heterocycles. The molecule has 0 aliphatic carbocycles. The molecule has 0 saturated heterocycles. The van der Waals surface area contributed by atoms with E-state index in [-0.39, 0.29) is 23.7 Å². The highest BCUT2D eigenvalue weighted by molar-refractivity contribution is 7.11. The number of ketones is 1. The number of nitrogens with zero attached hydrogens (tertiary/aromatic N) is 2. The van der Waals surface area contributed by atoms with Gasteiger partial charge in [-0.05, 0) is 33.6 Å². The van der Waals surface area contributed by atoms with Crippen LogP contribution in [0.2, 0.25) is 0 Å². The van der Waals surface area contributed by atoms with Crippen LogP contribution in [-0.2, 0) is 4.74 Å². The molecule has 0 aliphatic heterocycles. The maximum Gasteiger partial charge on any atom is 0.410 e. The van der Waals surface area contributed by atoms with Gasteiger partial charge in [0.15, 0.2) is 10.8 Å². The Labute approximate surface area is 136 Å². The molecule has 124 valence electrons. The van der Waals surface area contributed by atoms with E-state index in [9.17, 15) is 9.59 Å². The average Bonchev–Trinajstić information content (AvgIpc) is 2.82. The molecule has 6 heteroatoms. The molecule has 0 saturated carbocycles. The summed E-state index contributed by atoms with van der Waals surface area (Å²) in [5.41, 5.74) is 0.508. The summed E-state index contributed by atoms with van der Waals surface area (Å²) in [5.74, 6) is -0.0228. The number of hydrogen-bond donors (Lipinski definition) is 0. The summed E-state index contributed by atoms with van der Waals surface area (Å²) in [6, 6.07) is 0. The van der Waals surface area contributed by atoms with Gasteiger partial charge in [0, 0.05) is 23.7 Å². The van der Waals surface area contributed by atoms with E-state index < -0.39 is 12.2 Å². The van der Waals surface area contributed by atoms with Crippen molar-refractivity contribution in [2.75, 3.05) is 7.05 Å². The van der Waals surface area contributed by atoms with Crippen LogP contribution < -0.4 is 0 Å². The summed E-state index contributed by atoms with van der Waals surface area (Å²) >= 11 is 1.33. The number of ether oxygens (including phenoxy) is 1. The molecule has 1 amide bonds. The molecule has 0 bridgehead atoms. The zero-order chi connectivity index (χ0) is 17.1. The van der Waals surface area contributed by atoms with Gasteiger partial charge >= 0.3 is 6.09 Å². The predicted molar refractivity (Wildman–Crippen MR) is 88.4 cm³/mol. The van der Waals surface area contributed by atoms with Crippen molar-refractivity contribution >= 4 is 23.2 Å². The van der Waals surface area contributed by atoms with Gasteiger partial charge in [0.1, 0.15) is 6.10 Å². The minimum atomic E-state index is -0.450. The van der Waals surface area contributed by atoms with Crippen molar-refractivity contribution in [3.05, 3.63) is 16.1 Å². The molecule has 0 aromatic carbocycles. The van der Waals surface area contributed by atoms with Crippen molar-refractivity contribution in [3.63, 3.8) is 0 Å². The third-order valence-electron chi connectivity index (χ3n) is 3.52. The summed E-state index contributed by atoms with van der Waals surface area (Å²) in [6.07, 6.45) is -0.697. The van der Waals surface area contributed by atoms with Crippen LogP contribution in [0.5, 0.6) is 0 Å². The Hall–Kier alpha value is -1.43. The van der Waals surface area contributed by atoms with Gasteiger partial charge in [-0.25, -0.2) is 9.78 Å². The SMILES string of the molecule is Cc1csc(C(=O)C[C@@H](OC(=O)N(C)C(C)(C)C)C(C)C)n1. The van der Waals surface area contributed by atoms with Crippen LogP contribution in [0.3, 0.4) is 0 Å². The van der Waals surface area contributed by atoms with Crippen molar-refractivity contribution in [1.29, 1.82) is 0 Å². The standard InChI is InChI=1S/C16H26N2O3S/c1-10(2)13(21-15(20)18(7)16(4,5)6)8-12(19)14-17-11(3)9-22-14/h9-10,13H,8H2,1-7H3/t13-/m1/s1. The predicted octanol–water partition coefficient (Wildman–Crippen LogP) is 3.92. The Morgan fingerprint density at radius 3 is 2.36 bits per heavy atom. The first-order valence-electron chi connectivity index (χ1n) is 7.42. The topological polar surface area (TPSA) is 59.5 Å². The van der Waals surface area contributed by atoms with Gasteiger partial charge < -0.3 is 9.64 Å². The van der Waals surface area contributed by atoms with E-state index >= 15 is 0 Å². The maximum atomic E-state index is 12.3. The van der Waals surface area contributed by atoms with Gasteiger partial charge in [0.05, 0.1) is 6.42 Å². The molecule has 0 unspecified atom stereocenters. The highest BCUT2D eigenvalue weighted by atomic mass is 32.1. The first-order valence-corrected chi connectivity index (χ1v) is 8.30. The number of carbonyl (C=O) groups excluding carboxylic acids is 2. The van der Waals surface area contributed by atoms with Gasteiger partial charge in [0.25, 0.3) is 0 Å². The Bertz CT molecular complexity index is 532. The largest absolute Gasteiger partial charge is 0.445 e.